The first-order valence-electron chi connectivity index (χ1n) is 2.07. The van der Waals surface area contributed by atoms with Gasteiger partial charge >= 0.3 is 9.08 Å². The van der Waals surface area contributed by atoms with Crippen molar-refractivity contribution in [1.29, 1.82) is 0 Å². The molecule has 0 aliphatic rings. The Bertz CT molecular complexity index is 181. The Hall–Kier alpha value is -0.363. The first-order valence-corrected chi connectivity index (χ1v) is 4.59. The van der Waals surface area contributed by atoms with E-state index in [0.717, 1.165) is 0 Å². The zero-order valence-electron chi connectivity index (χ0n) is 4.14. The molecule has 1 nitrogen and oxygen atoms in total. The van der Waals surface area contributed by atoms with E-state index in [2.05, 4.69) is 4.98 Å². The molecule has 1 aromatic rings. The van der Waals surface area contributed by atoms with E-state index in [1.54, 1.807) is 0 Å². The molecule has 1 rings (SSSR count). The molecule has 0 atom stereocenters. The maximum absolute atomic E-state index is 11.7. The number of nitrogens with zero attached hydrogens (tertiary/aromatic N) is 1. The molecule has 0 aromatic carbocycles. The summed E-state index contributed by atoms with van der Waals surface area (Å²) in [6.07, 6.45) is 1.17. The van der Waals surface area contributed by atoms with Crippen molar-refractivity contribution >= 4 is 25.0 Å². The van der Waals surface area contributed by atoms with Crippen molar-refractivity contribution in [2.24, 2.45) is 0 Å². The van der Waals surface area contributed by atoms with Crippen LogP contribution in [0.3, 0.4) is 0 Å². The number of rotatable bonds is 1. The third-order valence-electron chi connectivity index (χ3n) is 0.675. The fourth-order valence-corrected chi connectivity index (χ4v) is 1.70. The van der Waals surface area contributed by atoms with Crippen LogP contribution in [0.2, 0.25) is 0 Å². The molecule has 0 bridgehead atoms. The molecule has 1 heterocycles. The number of thiazole rings is 1. The molecule has 0 unspecified atom stereocenters. The van der Waals surface area contributed by atoms with Gasteiger partial charge in [-0.3, -0.25) is 0 Å². The Morgan fingerprint density at radius 2 is 2.11 bits per heavy atom. The van der Waals surface area contributed by atoms with Crippen LogP contribution in [0.4, 0.5) is 12.3 Å². The van der Waals surface area contributed by atoms with Gasteiger partial charge in [0, 0.05) is 11.6 Å². The van der Waals surface area contributed by atoms with Crippen LogP contribution in [0, 0.1) is 0 Å². The van der Waals surface area contributed by atoms with Crippen LogP contribution in [0.5, 0.6) is 0 Å². The van der Waals surface area contributed by atoms with Crippen LogP contribution in [0.1, 0.15) is 0 Å². The van der Waals surface area contributed by atoms with E-state index in [1.807, 2.05) is 0 Å². The molecule has 0 aliphatic heterocycles. The monoisotopic (exact) mass is 169 g/mol. The normalized spacial score (nSPS) is 11.9. The zero-order valence-corrected chi connectivity index (χ0v) is 5.96. The first-order chi connectivity index (χ1) is 4.11. The molecule has 6 heteroatoms. The molecular formula is C3H2F3NSSi. The minimum Gasteiger partial charge on any atom is -0.246 e. The van der Waals surface area contributed by atoms with Crippen molar-refractivity contribution in [3.8, 4) is 0 Å². The molecule has 0 radical (unpaired) electrons. The molecule has 0 spiro atoms. The van der Waals surface area contributed by atoms with Gasteiger partial charge in [-0.25, -0.2) is 17.3 Å². The van der Waals surface area contributed by atoms with Crippen LogP contribution in [-0.2, 0) is 0 Å². The molecular weight excluding hydrogens is 167 g/mol. The average molecular weight is 169 g/mol. The summed E-state index contributed by atoms with van der Waals surface area (Å²) < 4.78 is 34.5. The van der Waals surface area contributed by atoms with Crippen molar-refractivity contribution in [3.63, 3.8) is 0 Å². The fourth-order valence-electron chi connectivity index (χ4n) is 0.363. The molecule has 0 saturated carbocycles. The van der Waals surface area contributed by atoms with Gasteiger partial charge < -0.3 is 0 Å². The van der Waals surface area contributed by atoms with E-state index in [-0.39, 0.29) is 0 Å². The second kappa shape index (κ2) is 2.11. The van der Waals surface area contributed by atoms with E-state index in [4.69, 9.17) is 0 Å². The highest BCUT2D eigenvalue weighted by Gasteiger charge is 2.43. The topological polar surface area (TPSA) is 12.9 Å². The molecule has 50 valence electrons. The highest BCUT2D eigenvalue weighted by atomic mass is 32.1. The van der Waals surface area contributed by atoms with Gasteiger partial charge in [0.15, 0.2) is 4.63 Å². The summed E-state index contributed by atoms with van der Waals surface area (Å²) in [5, 5.41) is 1.33. The minimum atomic E-state index is -5.57. The van der Waals surface area contributed by atoms with Crippen LogP contribution >= 0.6 is 11.3 Å². The van der Waals surface area contributed by atoms with Gasteiger partial charge in [0.2, 0.25) is 0 Å². The van der Waals surface area contributed by atoms with E-state index < -0.39 is 13.7 Å². The predicted octanol–water partition coefficient (Wildman–Crippen LogP) is 1.20. The summed E-state index contributed by atoms with van der Waals surface area (Å²) in [7, 11) is -5.57. The summed E-state index contributed by atoms with van der Waals surface area (Å²) in [6, 6.07) is 0. The standard InChI is InChI=1S/C3H2F3NSSi/c4-9(5,6)3-7-1-2-8-3/h1-2H. The largest absolute Gasteiger partial charge is 0.683 e. The molecule has 0 amide bonds. The lowest BCUT2D eigenvalue weighted by molar-refractivity contribution is 0.500. The highest BCUT2D eigenvalue weighted by Crippen LogP contribution is 2.09. The lowest BCUT2D eigenvalue weighted by Crippen LogP contribution is -2.33. The molecule has 9 heavy (non-hydrogen) atoms. The van der Waals surface area contributed by atoms with Crippen LogP contribution in [0.15, 0.2) is 11.6 Å². The van der Waals surface area contributed by atoms with Crippen molar-refractivity contribution in [2.45, 2.75) is 0 Å². The number of halogens is 3. The minimum absolute atomic E-state index is 0.650. The summed E-state index contributed by atoms with van der Waals surface area (Å²) in [4.78, 5) is 3.14. The summed E-state index contributed by atoms with van der Waals surface area (Å²) in [6.45, 7) is 0. The Kier molecular flexibility index (Phi) is 1.58. The summed E-state index contributed by atoms with van der Waals surface area (Å²) >= 11 is 0.655. The SMILES string of the molecule is F[Si](F)(F)c1nccs1. The van der Waals surface area contributed by atoms with Crippen LogP contribution < -0.4 is 4.63 Å². The van der Waals surface area contributed by atoms with Gasteiger partial charge in [-0.05, 0) is 0 Å². The Balaban J connectivity index is 2.90. The molecule has 0 N–H and O–H groups in total. The second-order valence-corrected chi connectivity index (χ2v) is 4.06. The molecule has 0 saturated heterocycles. The molecule has 1 aromatic heterocycles. The van der Waals surface area contributed by atoms with E-state index in [0.29, 0.717) is 11.3 Å². The van der Waals surface area contributed by atoms with Gasteiger partial charge in [-0.2, -0.15) is 0 Å². The second-order valence-electron chi connectivity index (χ2n) is 1.34. The Morgan fingerprint density at radius 1 is 1.44 bits per heavy atom. The van der Waals surface area contributed by atoms with Gasteiger partial charge in [0.05, 0.1) is 0 Å². The van der Waals surface area contributed by atoms with Crippen molar-refractivity contribution in [3.05, 3.63) is 11.6 Å². The van der Waals surface area contributed by atoms with E-state index >= 15 is 0 Å². The predicted molar refractivity (Wildman–Crippen MR) is 30.8 cm³/mol. The highest BCUT2D eigenvalue weighted by molar-refractivity contribution is 7.21. The lowest BCUT2D eigenvalue weighted by Gasteiger charge is -1.92. The zero-order chi connectivity index (χ0) is 6.91. The fraction of sp³-hybridized carbons (Fsp3) is 0. The van der Waals surface area contributed by atoms with Crippen molar-refractivity contribution in [2.75, 3.05) is 0 Å². The van der Waals surface area contributed by atoms with E-state index in [9.17, 15) is 12.3 Å². The third-order valence-corrected chi connectivity index (χ3v) is 2.92. The Labute approximate surface area is 54.7 Å². The van der Waals surface area contributed by atoms with Crippen molar-refractivity contribution < 1.29 is 12.3 Å². The number of aromatic nitrogens is 1. The van der Waals surface area contributed by atoms with Gasteiger partial charge in [-0.15, -0.1) is 11.3 Å². The lowest BCUT2D eigenvalue weighted by atomic mass is 11.0. The summed E-state index contributed by atoms with van der Waals surface area (Å²) in [5.74, 6) is 0. The maximum atomic E-state index is 11.7. The van der Waals surface area contributed by atoms with Crippen LogP contribution in [0.25, 0.3) is 0 Å². The van der Waals surface area contributed by atoms with Crippen LogP contribution in [-0.4, -0.2) is 14.1 Å². The number of hydrogen-bond donors (Lipinski definition) is 0. The van der Waals surface area contributed by atoms with Gasteiger partial charge in [-0.1, -0.05) is 0 Å². The molecule has 0 aliphatic carbocycles. The third kappa shape index (κ3) is 1.52. The summed E-state index contributed by atoms with van der Waals surface area (Å²) in [5.41, 5.74) is 0. The maximum Gasteiger partial charge on any atom is 0.683 e. The molecule has 0 fully saturated rings. The smallest absolute Gasteiger partial charge is 0.246 e. The van der Waals surface area contributed by atoms with E-state index in [1.165, 1.54) is 11.6 Å². The first kappa shape index (κ1) is 6.75. The number of hydrogen-bond acceptors (Lipinski definition) is 2. The van der Waals surface area contributed by atoms with Gasteiger partial charge in [0.25, 0.3) is 0 Å². The Morgan fingerprint density at radius 3 is 2.33 bits per heavy atom. The van der Waals surface area contributed by atoms with Gasteiger partial charge in [0.1, 0.15) is 0 Å². The average Bonchev–Trinajstić information content (AvgIpc) is 2.08. The van der Waals surface area contributed by atoms with Crippen molar-refractivity contribution in [1.82, 2.24) is 4.98 Å². The quantitative estimate of drug-likeness (QED) is 0.454.